The molecule has 7 aromatic rings. The lowest BCUT2D eigenvalue weighted by molar-refractivity contribution is 0.101. The van der Waals surface area contributed by atoms with Crippen LogP contribution in [0.4, 0.5) is 17.8 Å². The average Bonchev–Trinajstić information content (AvgIpc) is 3.96. The normalized spacial score (nSPS) is 13.0. The number of nitrogens with zero attached hydrogens (tertiary/aromatic N) is 12. The Morgan fingerprint density at radius 2 is 1.46 bits per heavy atom. The van der Waals surface area contributed by atoms with Gasteiger partial charge in [-0.25, -0.2) is 14.6 Å². The van der Waals surface area contributed by atoms with Gasteiger partial charge in [-0.05, 0) is 37.3 Å². The Kier molecular flexibility index (Phi) is 8.67. The summed E-state index contributed by atoms with van der Waals surface area (Å²) in [5, 5.41) is 30.0. The highest BCUT2D eigenvalue weighted by molar-refractivity contribution is 6.34. The molecule has 8 rings (SSSR count). The van der Waals surface area contributed by atoms with Crippen LogP contribution in [0.3, 0.4) is 0 Å². The molecule has 4 N–H and O–H groups in total. The minimum atomic E-state index is -0.567. The summed E-state index contributed by atoms with van der Waals surface area (Å²) in [7, 11) is 0. The highest BCUT2D eigenvalue weighted by atomic mass is 35.5. The average molecular weight is 719 g/mol. The van der Waals surface area contributed by atoms with Crippen LogP contribution in [0.2, 0.25) is 5.02 Å². The van der Waals surface area contributed by atoms with Crippen molar-refractivity contribution in [1.82, 2.24) is 65.3 Å². The van der Waals surface area contributed by atoms with Crippen LogP contribution in [0.25, 0.3) is 45.2 Å². The standard InChI is InChI=1S/C32H27ClN16O3/c1-2-49-24-8-5-17(13-23(24)42-47-49)28(50)40-30-38-26(43-45-30)21-6-3-18(14-34-21)19-4-7-22(35-15-19)27-39-31(46-44-27)41-29(51)25-20(33)16-36-32(37-25)48-9-11-52-12-10-48/h3-8,13-16H,2,9-12H2,1H3,(H2,38,40,43,45,50)(H2,39,41,44,46,51). The van der Waals surface area contributed by atoms with Gasteiger partial charge in [0.15, 0.2) is 17.3 Å². The first-order valence-electron chi connectivity index (χ1n) is 16.0. The summed E-state index contributed by atoms with van der Waals surface area (Å²) in [5.74, 6) is 0.452. The molecular formula is C32H27ClN16O3. The highest BCUT2D eigenvalue weighted by Gasteiger charge is 2.21. The largest absolute Gasteiger partial charge is 0.378 e. The van der Waals surface area contributed by atoms with Crippen LogP contribution in [-0.4, -0.2) is 103 Å². The molecule has 19 nitrogen and oxygen atoms in total. The second-order valence-corrected chi connectivity index (χ2v) is 11.8. The number of aryl methyl sites for hydroxylation is 1. The minimum Gasteiger partial charge on any atom is -0.378 e. The van der Waals surface area contributed by atoms with Crippen molar-refractivity contribution in [2.24, 2.45) is 0 Å². The maximum atomic E-state index is 13.0. The zero-order valence-electron chi connectivity index (χ0n) is 27.3. The van der Waals surface area contributed by atoms with Crippen molar-refractivity contribution in [2.75, 3.05) is 41.8 Å². The van der Waals surface area contributed by atoms with E-state index < -0.39 is 5.91 Å². The van der Waals surface area contributed by atoms with E-state index in [0.717, 1.165) is 16.6 Å². The Bertz CT molecular complexity index is 2400. The molecule has 1 aliphatic rings. The molecule has 1 fully saturated rings. The van der Waals surface area contributed by atoms with Crippen LogP contribution in [0.15, 0.2) is 61.1 Å². The first-order valence-corrected chi connectivity index (χ1v) is 16.4. The van der Waals surface area contributed by atoms with Crippen molar-refractivity contribution in [3.8, 4) is 34.2 Å². The number of amides is 2. The Balaban J connectivity index is 0.894. The number of halogens is 1. The van der Waals surface area contributed by atoms with Gasteiger partial charge < -0.3 is 19.6 Å². The number of rotatable bonds is 9. The second-order valence-electron chi connectivity index (χ2n) is 11.4. The number of pyridine rings is 2. The summed E-state index contributed by atoms with van der Waals surface area (Å²) in [6.07, 6.45) is 4.74. The monoisotopic (exact) mass is 718 g/mol. The van der Waals surface area contributed by atoms with Gasteiger partial charge in [-0.2, -0.15) is 0 Å². The maximum absolute atomic E-state index is 13.0. The second kappa shape index (κ2) is 13.9. The third-order valence-electron chi connectivity index (χ3n) is 8.10. The first-order chi connectivity index (χ1) is 25.4. The Labute approximate surface area is 298 Å². The van der Waals surface area contributed by atoms with E-state index in [1.165, 1.54) is 6.20 Å². The van der Waals surface area contributed by atoms with Gasteiger partial charge in [0.1, 0.15) is 16.9 Å². The van der Waals surface area contributed by atoms with Crippen molar-refractivity contribution >= 4 is 52.3 Å². The Morgan fingerprint density at radius 3 is 2.08 bits per heavy atom. The number of aromatic nitrogens is 13. The topological polar surface area (TPSA) is 236 Å². The molecule has 0 unspecified atom stereocenters. The number of hydrogen-bond acceptors (Lipinski definition) is 14. The number of carbonyl (C=O) groups excluding carboxylic acids is 2. The number of anilines is 3. The Hall–Kier alpha value is -6.73. The van der Waals surface area contributed by atoms with Crippen LogP contribution in [-0.2, 0) is 11.3 Å². The summed E-state index contributed by atoms with van der Waals surface area (Å²) in [4.78, 5) is 51.3. The van der Waals surface area contributed by atoms with E-state index in [0.29, 0.717) is 72.9 Å². The molecule has 0 bridgehead atoms. The molecule has 1 aliphatic heterocycles. The van der Waals surface area contributed by atoms with Gasteiger partial charge in [0.2, 0.25) is 17.8 Å². The predicted octanol–water partition coefficient (Wildman–Crippen LogP) is 3.26. The maximum Gasteiger partial charge on any atom is 0.278 e. The van der Waals surface area contributed by atoms with E-state index in [4.69, 9.17) is 16.3 Å². The quantitative estimate of drug-likeness (QED) is 0.168. The van der Waals surface area contributed by atoms with E-state index in [-0.39, 0.29) is 28.5 Å². The fourth-order valence-corrected chi connectivity index (χ4v) is 5.58. The van der Waals surface area contributed by atoms with Crippen LogP contribution >= 0.6 is 11.6 Å². The summed E-state index contributed by atoms with van der Waals surface area (Å²) in [6, 6.07) is 12.4. The molecule has 0 saturated carbocycles. The number of nitrogens with one attached hydrogen (secondary N) is 4. The fraction of sp³-hybridized carbons (Fsp3) is 0.188. The SMILES string of the molecule is CCn1nnc2cc(C(=O)Nc3nnc(-c4ccc(-c5ccc(-c6nnc(NC(=O)c7nc(N8CCOCC8)ncc7Cl)[nH]6)nc5)cn4)[nH]3)ccc21. The third-order valence-corrected chi connectivity index (χ3v) is 8.38. The number of ether oxygens (including phenoxy) is 1. The number of hydrogen-bond donors (Lipinski definition) is 4. The van der Waals surface area contributed by atoms with Gasteiger partial charge in [-0.3, -0.25) is 30.2 Å². The summed E-state index contributed by atoms with van der Waals surface area (Å²) < 4.78 is 7.13. The van der Waals surface area contributed by atoms with Crippen molar-refractivity contribution in [2.45, 2.75) is 13.5 Å². The summed E-state index contributed by atoms with van der Waals surface area (Å²) in [6.45, 7) is 4.96. The van der Waals surface area contributed by atoms with E-state index in [1.54, 1.807) is 41.3 Å². The van der Waals surface area contributed by atoms with Gasteiger partial charge in [0, 0.05) is 48.7 Å². The van der Waals surface area contributed by atoms with Gasteiger partial charge in [-0.15, -0.1) is 25.5 Å². The number of fused-ring (bicyclic) bond motifs is 1. The van der Waals surface area contributed by atoms with Crippen LogP contribution in [0, 0.1) is 0 Å². The summed E-state index contributed by atoms with van der Waals surface area (Å²) in [5.41, 5.74) is 4.51. The van der Waals surface area contributed by atoms with Crippen LogP contribution in [0.1, 0.15) is 27.8 Å². The zero-order chi connectivity index (χ0) is 35.6. The van der Waals surface area contributed by atoms with E-state index >= 15 is 0 Å². The zero-order valence-corrected chi connectivity index (χ0v) is 28.0. The molecule has 20 heteroatoms. The molecule has 52 heavy (non-hydrogen) atoms. The molecule has 1 aromatic carbocycles. The molecule has 0 atom stereocenters. The molecule has 0 radical (unpaired) electrons. The predicted molar refractivity (Wildman–Crippen MR) is 187 cm³/mol. The van der Waals surface area contributed by atoms with Crippen molar-refractivity contribution in [3.63, 3.8) is 0 Å². The fourth-order valence-electron chi connectivity index (χ4n) is 5.40. The lowest BCUT2D eigenvalue weighted by atomic mass is 10.1. The van der Waals surface area contributed by atoms with Crippen molar-refractivity contribution < 1.29 is 14.3 Å². The minimum absolute atomic E-state index is 0.0112. The molecule has 0 aliphatic carbocycles. The van der Waals surface area contributed by atoms with Crippen LogP contribution < -0.4 is 15.5 Å². The molecule has 2 amide bonds. The van der Waals surface area contributed by atoms with Gasteiger partial charge >= 0.3 is 0 Å². The number of benzene rings is 1. The molecule has 0 spiro atoms. The van der Waals surface area contributed by atoms with Gasteiger partial charge in [-0.1, -0.05) is 28.9 Å². The first kappa shape index (κ1) is 32.5. The third kappa shape index (κ3) is 6.60. The smallest absolute Gasteiger partial charge is 0.278 e. The lowest BCUT2D eigenvalue weighted by Crippen LogP contribution is -2.37. The molecule has 6 aromatic heterocycles. The van der Waals surface area contributed by atoms with Crippen LogP contribution in [0.5, 0.6) is 0 Å². The molecular weight excluding hydrogens is 692 g/mol. The lowest BCUT2D eigenvalue weighted by Gasteiger charge is -2.26. The highest BCUT2D eigenvalue weighted by Crippen LogP contribution is 2.24. The van der Waals surface area contributed by atoms with Gasteiger partial charge in [0.25, 0.3) is 11.8 Å². The summed E-state index contributed by atoms with van der Waals surface area (Å²) >= 11 is 6.24. The molecule has 1 saturated heterocycles. The number of carbonyl (C=O) groups is 2. The molecule has 7 heterocycles. The van der Waals surface area contributed by atoms with E-state index in [2.05, 4.69) is 71.2 Å². The van der Waals surface area contributed by atoms with Gasteiger partial charge in [0.05, 0.1) is 29.9 Å². The Morgan fingerprint density at radius 1 is 0.808 bits per heavy atom. The number of morpholine rings is 1. The van der Waals surface area contributed by atoms with Crippen molar-refractivity contribution in [1.29, 1.82) is 0 Å². The van der Waals surface area contributed by atoms with Crippen molar-refractivity contribution in [3.05, 3.63) is 77.3 Å². The van der Waals surface area contributed by atoms with E-state index in [1.807, 2.05) is 30.0 Å². The molecule has 260 valence electrons. The van der Waals surface area contributed by atoms with E-state index in [9.17, 15) is 9.59 Å². The number of H-pyrrole nitrogens is 2. The number of aromatic amines is 2.